The number of imide groups is 1. The Balaban J connectivity index is 1.51. The number of nitrogens with one attached hydrogen (secondary N) is 3. The van der Waals surface area contributed by atoms with Gasteiger partial charge < -0.3 is 10.6 Å². The minimum Gasteiger partial charge on any atom is -0.351 e. The Kier molecular flexibility index (Phi) is 4.15. The van der Waals surface area contributed by atoms with Gasteiger partial charge in [0, 0.05) is 36.1 Å². The molecule has 1 saturated carbocycles. The molecule has 2 amide bonds. The van der Waals surface area contributed by atoms with E-state index in [0.29, 0.717) is 41.3 Å². The fourth-order valence-corrected chi connectivity index (χ4v) is 3.07. The van der Waals surface area contributed by atoms with Gasteiger partial charge in [-0.1, -0.05) is 6.07 Å². The third-order valence-electron chi connectivity index (χ3n) is 4.70. The highest BCUT2D eigenvalue weighted by Gasteiger charge is 2.26. The summed E-state index contributed by atoms with van der Waals surface area (Å²) >= 11 is 0. The van der Waals surface area contributed by atoms with Crippen molar-refractivity contribution < 1.29 is 9.59 Å². The van der Waals surface area contributed by atoms with Crippen LogP contribution in [-0.4, -0.2) is 42.4 Å². The summed E-state index contributed by atoms with van der Waals surface area (Å²) in [5.41, 5.74) is 2.60. The van der Waals surface area contributed by atoms with Crippen LogP contribution in [0, 0.1) is 0 Å². The molecule has 1 saturated heterocycles. The van der Waals surface area contributed by atoms with Crippen molar-refractivity contribution in [3.8, 4) is 0 Å². The Morgan fingerprint density at radius 1 is 1.24 bits per heavy atom. The van der Waals surface area contributed by atoms with Crippen molar-refractivity contribution >= 4 is 35.4 Å². The van der Waals surface area contributed by atoms with Crippen LogP contribution < -0.4 is 16.0 Å². The number of pyridine rings is 1. The van der Waals surface area contributed by atoms with Gasteiger partial charge in [0.15, 0.2) is 5.65 Å². The van der Waals surface area contributed by atoms with Crippen molar-refractivity contribution in [1.29, 1.82) is 0 Å². The standard InChI is InChI=1S/C19H18N8O2/c28-15-7-12(17(29)24-15)6-13-10-22-27-16(13)25-18(26-19(27)23-14-3-4-14)21-9-11-2-1-5-20-8-11/h1-2,5-6,8,10,14H,3-4,7,9H2,(H,24,28,29)(H2,21,23,25,26)/b12-6+. The van der Waals surface area contributed by atoms with Crippen LogP contribution in [0.2, 0.25) is 0 Å². The molecule has 0 unspecified atom stereocenters. The molecule has 0 aromatic carbocycles. The van der Waals surface area contributed by atoms with Gasteiger partial charge in [-0.15, -0.1) is 0 Å². The molecule has 2 fully saturated rings. The topological polar surface area (TPSA) is 126 Å². The quantitative estimate of drug-likeness (QED) is 0.422. The van der Waals surface area contributed by atoms with Crippen LogP contribution in [0.3, 0.4) is 0 Å². The van der Waals surface area contributed by atoms with Gasteiger partial charge in [0.05, 0.1) is 12.6 Å². The van der Waals surface area contributed by atoms with Crippen LogP contribution in [0.1, 0.15) is 30.4 Å². The first-order chi connectivity index (χ1) is 14.2. The van der Waals surface area contributed by atoms with Gasteiger partial charge in [-0.3, -0.25) is 19.9 Å². The SMILES string of the molecule is O=C1C/C(=C\c2cnn3c(NC4CC4)nc(NCc4cccnc4)nc23)C(=O)N1. The van der Waals surface area contributed by atoms with E-state index < -0.39 is 0 Å². The summed E-state index contributed by atoms with van der Waals surface area (Å²) in [7, 11) is 0. The molecule has 3 aromatic rings. The number of carbonyl (C=O) groups excluding carboxylic acids is 2. The summed E-state index contributed by atoms with van der Waals surface area (Å²) in [5.74, 6) is 0.344. The molecule has 0 radical (unpaired) electrons. The maximum absolute atomic E-state index is 11.9. The predicted octanol–water partition coefficient (Wildman–Crippen LogP) is 1.14. The minimum atomic E-state index is -0.380. The Hall–Kier alpha value is -3.82. The summed E-state index contributed by atoms with van der Waals surface area (Å²) in [5, 5.41) is 13.2. The Bertz CT molecular complexity index is 1130. The second kappa shape index (κ2) is 6.97. The maximum Gasteiger partial charge on any atom is 0.254 e. The number of anilines is 2. The van der Waals surface area contributed by atoms with Crippen LogP contribution in [0.15, 0.2) is 36.3 Å². The lowest BCUT2D eigenvalue weighted by Crippen LogP contribution is -2.19. The fraction of sp³-hybridized carbons (Fsp3) is 0.263. The summed E-state index contributed by atoms with van der Waals surface area (Å²) in [6.07, 6.45) is 9.01. The fourth-order valence-electron chi connectivity index (χ4n) is 3.07. The smallest absolute Gasteiger partial charge is 0.254 e. The second-order valence-corrected chi connectivity index (χ2v) is 7.06. The average molecular weight is 390 g/mol. The zero-order valence-corrected chi connectivity index (χ0v) is 15.4. The van der Waals surface area contributed by atoms with Crippen molar-refractivity contribution in [3.05, 3.63) is 47.4 Å². The second-order valence-electron chi connectivity index (χ2n) is 7.06. The molecule has 2 aliphatic rings. The van der Waals surface area contributed by atoms with E-state index in [1.807, 2.05) is 12.1 Å². The van der Waals surface area contributed by atoms with E-state index in [0.717, 1.165) is 18.4 Å². The van der Waals surface area contributed by atoms with Crippen LogP contribution in [0.25, 0.3) is 11.7 Å². The van der Waals surface area contributed by atoms with Gasteiger partial charge in [0.25, 0.3) is 5.91 Å². The van der Waals surface area contributed by atoms with Gasteiger partial charge in [-0.05, 0) is 30.5 Å². The molecule has 1 aliphatic carbocycles. The third-order valence-corrected chi connectivity index (χ3v) is 4.70. The third kappa shape index (κ3) is 3.64. The molecule has 0 bridgehead atoms. The monoisotopic (exact) mass is 390 g/mol. The number of rotatable bonds is 6. The van der Waals surface area contributed by atoms with Crippen molar-refractivity contribution in [2.45, 2.75) is 31.8 Å². The molecule has 146 valence electrons. The van der Waals surface area contributed by atoms with Crippen LogP contribution in [0.4, 0.5) is 11.9 Å². The Labute approximate surface area is 165 Å². The maximum atomic E-state index is 11.9. The number of fused-ring (bicyclic) bond motifs is 1. The Morgan fingerprint density at radius 3 is 2.86 bits per heavy atom. The minimum absolute atomic E-state index is 0.0561. The molecule has 10 nitrogen and oxygen atoms in total. The van der Waals surface area contributed by atoms with E-state index in [-0.39, 0.29) is 18.2 Å². The molecule has 10 heteroatoms. The van der Waals surface area contributed by atoms with Crippen LogP contribution in [0.5, 0.6) is 0 Å². The van der Waals surface area contributed by atoms with Gasteiger partial charge in [0.1, 0.15) is 0 Å². The average Bonchev–Trinajstić information content (AvgIpc) is 3.36. The summed E-state index contributed by atoms with van der Waals surface area (Å²) in [6.45, 7) is 0.522. The number of aromatic nitrogens is 5. The molecule has 5 rings (SSSR count). The van der Waals surface area contributed by atoms with Crippen LogP contribution >= 0.6 is 0 Å². The van der Waals surface area contributed by atoms with Crippen molar-refractivity contribution in [3.63, 3.8) is 0 Å². The molecule has 0 atom stereocenters. The summed E-state index contributed by atoms with van der Waals surface area (Å²) < 4.78 is 1.62. The molecule has 4 heterocycles. The van der Waals surface area contributed by atoms with Gasteiger partial charge in [-0.25, -0.2) is 0 Å². The number of hydrogen-bond donors (Lipinski definition) is 3. The first-order valence-corrected chi connectivity index (χ1v) is 9.35. The zero-order chi connectivity index (χ0) is 19.8. The van der Waals surface area contributed by atoms with Gasteiger partial charge in [-0.2, -0.15) is 19.6 Å². The summed E-state index contributed by atoms with van der Waals surface area (Å²) in [6, 6.07) is 4.21. The molecular weight excluding hydrogens is 372 g/mol. The van der Waals surface area contributed by atoms with E-state index in [1.165, 1.54) is 0 Å². The Morgan fingerprint density at radius 2 is 2.14 bits per heavy atom. The lowest BCUT2D eigenvalue weighted by molar-refractivity contribution is -0.124. The predicted molar refractivity (Wildman–Crippen MR) is 105 cm³/mol. The van der Waals surface area contributed by atoms with Crippen molar-refractivity contribution in [1.82, 2.24) is 29.9 Å². The van der Waals surface area contributed by atoms with Crippen molar-refractivity contribution in [2.24, 2.45) is 0 Å². The highest BCUT2D eigenvalue weighted by atomic mass is 16.2. The first-order valence-electron chi connectivity index (χ1n) is 9.35. The highest BCUT2D eigenvalue weighted by molar-refractivity contribution is 6.15. The molecular formula is C19H18N8O2. The van der Waals surface area contributed by atoms with E-state index in [9.17, 15) is 9.59 Å². The largest absolute Gasteiger partial charge is 0.351 e. The van der Waals surface area contributed by atoms with Gasteiger partial charge >= 0.3 is 0 Å². The molecule has 3 N–H and O–H groups in total. The van der Waals surface area contributed by atoms with Crippen molar-refractivity contribution in [2.75, 3.05) is 10.6 Å². The normalized spacial score (nSPS) is 17.7. The number of carbonyl (C=O) groups is 2. The first kappa shape index (κ1) is 17.3. The number of nitrogens with zero attached hydrogens (tertiary/aromatic N) is 5. The van der Waals surface area contributed by atoms with Crippen LogP contribution in [-0.2, 0) is 16.1 Å². The summed E-state index contributed by atoms with van der Waals surface area (Å²) in [4.78, 5) is 36.6. The van der Waals surface area contributed by atoms with E-state index in [4.69, 9.17) is 0 Å². The molecule has 29 heavy (non-hydrogen) atoms. The molecule has 1 aliphatic heterocycles. The molecule has 3 aromatic heterocycles. The van der Waals surface area contributed by atoms with E-state index in [1.54, 1.807) is 29.2 Å². The lowest BCUT2D eigenvalue weighted by Gasteiger charge is -2.10. The number of amides is 2. The zero-order valence-electron chi connectivity index (χ0n) is 15.4. The number of hydrogen-bond acceptors (Lipinski definition) is 8. The highest BCUT2D eigenvalue weighted by Crippen LogP contribution is 2.26. The van der Waals surface area contributed by atoms with E-state index in [2.05, 4.69) is 36.0 Å². The lowest BCUT2D eigenvalue weighted by atomic mass is 10.1. The van der Waals surface area contributed by atoms with E-state index >= 15 is 0 Å². The molecule has 0 spiro atoms. The van der Waals surface area contributed by atoms with Gasteiger partial charge in [0.2, 0.25) is 17.8 Å².